The molecule has 0 amide bonds. The number of carbonyl (C=O) groups excluding carboxylic acids is 1. The Morgan fingerprint density at radius 1 is 0.471 bits per heavy atom. The number of esters is 1. The summed E-state index contributed by atoms with van der Waals surface area (Å²) in [6.45, 7) is 0.559. The summed E-state index contributed by atoms with van der Waals surface area (Å²) in [5.74, 6) is -71.5. The molecule has 0 saturated heterocycles. The molecule has 0 radical (unpaired) electrons. The molecule has 0 aliphatic heterocycles. The van der Waals surface area contributed by atoms with E-state index in [4.69, 9.17) is 16.3 Å². The molecule has 7 rings (SSSR count). The summed E-state index contributed by atoms with van der Waals surface area (Å²) < 4.78 is 301. The fraction of sp³-hybridized carbons (Fsp3) is 0.0238. The highest BCUT2D eigenvalue weighted by atomic mass is 35.5. The zero-order valence-electron chi connectivity index (χ0n) is 32.4. The number of aromatic nitrogens is 2. The smallest absolute Gasteiger partial charge is 0.410 e. The fourth-order valence-corrected chi connectivity index (χ4v) is 7.22. The van der Waals surface area contributed by atoms with Gasteiger partial charge in [0.15, 0.2) is 82.5 Å². The van der Waals surface area contributed by atoms with E-state index in [0.29, 0.717) is 23.0 Å². The van der Waals surface area contributed by atoms with E-state index in [1.54, 1.807) is 41.2 Å². The van der Waals surface area contributed by atoms with Crippen molar-refractivity contribution in [2.75, 3.05) is 0 Å². The van der Waals surface area contributed by atoms with Gasteiger partial charge in [-0.3, -0.25) is 4.98 Å². The molecule has 0 saturated carbocycles. The monoisotopic (exact) mass is 1000 g/mol. The Morgan fingerprint density at radius 2 is 0.809 bits per heavy atom. The molecule has 0 aliphatic rings. The molecular weight excluding hydrogens is 991 g/mol. The van der Waals surface area contributed by atoms with Gasteiger partial charge in [0.1, 0.15) is 64.6 Å². The van der Waals surface area contributed by atoms with E-state index in [9.17, 15) is 57.5 Å². The molecule has 26 heteroatoms. The van der Waals surface area contributed by atoms with Gasteiger partial charge in [-0.1, -0.05) is 48.0 Å². The number of benzene rings is 6. The Morgan fingerprint density at radius 3 is 1.15 bits per heavy atom. The highest BCUT2D eigenvalue weighted by molar-refractivity contribution is 7.20. The third-order valence-electron chi connectivity index (χ3n) is 9.96. The number of carbonyl (C=O) groups is 1. The second-order valence-corrected chi connectivity index (χ2v) is 14.2. The van der Waals surface area contributed by atoms with E-state index in [2.05, 4.69) is 4.98 Å². The Kier molecular flexibility index (Phi) is 14.2. The van der Waals surface area contributed by atoms with Crippen molar-refractivity contribution in [1.29, 1.82) is 0 Å². The van der Waals surface area contributed by atoms with Crippen LogP contribution >= 0.6 is 11.6 Å². The van der Waals surface area contributed by atoms with Crippen molar-refractivity contribution in [2.45, 2.75) is 6.54 Å². The summed E-state index contributed by atoms with van der Waals surface area (Å²) in [6, 6.07) is 16.6. The molecule has 0 N–H and O–H groups in total. The van der Waals surface area contributed by atoms with Crippen molar-refractivity contribution in [3.8, 4) is 5.75 Å². The second-order valence-electron chi connectivity index (χ2n) is 13.7. The van der Waals surface area contributed by atoms with Crippen molar-refractivity contribution in [3.63, 3.8) is 0 Å². The average molecular weight is 1000 g/mol. The summed E-state index contributed by atoms with van der Waals surface area (Å²) in [7, 11) is 0. The van der Waals surface area contributed by atoms with Crippen LogP contribution in [0, 0.1) is 116 Å². The van der Waals surface area contributed by atoms with E-state index in [1.165, 1.54) is 6.20 Å². The van der Waals surface area contributed by atoms with Crippen LogP contribution in [0.25, 0.3) is 0 Å². The summed E-state index contributed by atoms with van der Waals surface area (Å²) in [5, 5.41) is 0.513. The summed E-state index contributed by atoms with van der Waals surface area (Å²) >= 11 is 5.90. The van der Waals surface area contributed by atoms with Crippen molar-refractivity contribution in [2.24, 2.45) is 0 Å². The van der Waals surface area contributed by atoms with Crippen molar-refractivity contribution in [3.05, 3.63) is 206 Å². The Bertz CT molecular complexity index is 2800. The maximum atomic E-state index is 15.4. The molecule has 6 aromatic carbocycles. The molecule has 1 aromatic heterocycles. The first kappa shape index (κ1) is 50.2. The SMILES string of the molecule is Fc1c(F)c(F)c([B-](c2c(F)c(F)c(F)c(F)c2F)(c2c(F)c(F)c(F)c(F)c2F)c2c(F)c(F)c(F)c(F)c2F)c(F)c1F.O=C(Oc1cccc(Cl)c1)c1cncc[n+]1Cc1ccccc1. The molecule has 4 nitrogen and oxygen atoms in total. The predicted molar refractivity (Wildman–Crippen MR) is 196 cm³/mol. The third kappa shape index (κ3) is 8.31. The van der Waals surface area contributed by atoms with Crippen LogP contribution in [0.5, 0.6) is 5.75 Å². The van der Waals surface area contributed by atoms with Crippen LogP contribution < -0.4 is 31.2 Å². The number of rotatable bonds is 8. The Hall–Kier alpha value is -7.18. The molecule has 1 heterocycles. The van der Waals surface area contributed by atoms with Gasteiger partial charge in [-0.25, -0.2) is 92.6 Å². The summed E-state index contributed by atoms with van der Waals surface area (Å²) in [4.78, 5) is 16.4. The molecule has 68 heavy (non-hydrogen) atoms. The first-order valence-corrected chi connectivity index (χ1v) is 18.4. The lowest BCUT2D eigenvalue weighted by Gasteiger charge is -2.44. The van der Waals surface area contributed by atoms with Crippen LogP contribution in [0.2, 0.25) is 5.02 Å². The van der Waals surface area contributed by atoms with E-state index in [-0.39, 0.29) is 0 Å². The molecule has 0 spiro atoms. The zero-order chi connectivity index (χ0) is 50.4. The van der Waals surface area contributed by atoms with Gasteiger partial charge in [0, 0.05) is 10.6 Å². The number of hydrogen-bond acceptors (Lipinski definition) is 3. The van der Waals surface area contributed by atoms with Gasteiger partial charge in [-0.05, 0) is 18.2 Å². The van der Waals surface area contributed by atoms with E-state index in [0.717, 1.165) is 5.56 Å². The van der Waals surface area contributed by atoms with Crippen LogP contribution in [0.3, 0.4) is 0 Å². The minimum absolute atomic E-state index is 0.372. The second kappa shape index (κ2) is 19.2. The van der Waals surface area contributed by atoms with Crippen molar-refractivity contribution in [1.82, 2.24) is 4.98 Å². The van der Waals surface area contributed by atoms with Crippen molar-refractivity contribution < 1.29 is 102 Å². The quantitative estimate of drug-likeness (QED) is 0.0291. The molecule has 0 atom stereocenters. The minimum atomic E-state index is -7.22. The lowest BCUT2D eigenvalue weighted by molar-refractivity contribution is -0.691. The van der Waals surface area contributed by atoms with Gasteiger partial charge >= 0.3 is 11.7 Å². The summed E-state index contributed by atoms with van der Waals surface area (Å²) in [5.41, 5.74) is -12.9. The number of hydrogen-bond donors (Lipinski definition) is 0. The first-order valence-electron chi connectivity index (χ1n) is 18.0. The largest absolute Gasteiger partial charge is 0.418 e. The highest BCUT2D eigenvalue weighted by Gasteiger charge is 2.52. The molecule has 0 aliphatic carbocycles. The lowest BCUT2D eigenvalue weighted by Crippen LogP contribution is -2.81. The molecule has 0 bridgehead atoms. The maximum Gasteiger partial charge on any atom is 0.410 e. The van der Waals surface area contributed by atoms with Crippen LogP contribution in [-0.2, 0) is 6.54 Å². The zero-order valence-corrected chi connectivity index (χ0v) is 33.1. The topological polar surface area (TPSA) is 43.1 Å². The molecule has 0 unspecified atom stereocenters. The van der Waals surface area contributed by atoms with E-state index >= 15 is 35.1 Å². The van der Waals surface area contributed by atoms with Crippen LogP contribution in [0.1, 0.15) is 16.1 Å². The summed E-state index contributed by atoms with van der Waals surface area (Å²) in [6.07, 6.45) is -2.33. The van der Waals surface area contributed by atoms with Crippen LogP contribution in [0.15, 0.2) is 73.2 Å². The molecule has 7 aromatic rings. The van der Waals surface area contributed by atoms with Gasteiger partial charge in [-0.2, -0.15) is 4.57 Å². The van der Waals surface area contributed by atoms with Crippen LogP contribution in [-0.4, -0.2) is 17.1 Å². The molecular formula is C42H14BClF20N2O2. The Balaban J connectivity index is 0.000000276. The Labute approximate surface area is 370 Å². The highest BCUT2D eigenvalue weighted by Crippen LogP contribution is 2.31. The third-order valence-corrected chi connectivity index (χ3v) is 10.2. The van der Waals surface area contributed by atoms with E-state index < -0.39 is 150 Å². The average Bonchev–Trinajstić information content (AvgIpc) is 3.32. The number of nitrogens with zero attached hydrogens (tertiary/aromatic N) is 2. The van der Waals surface area contributed by atoms with E-state index in [1.807, 2.05) is 30.3 Å². The molecule has 0 fully saturated rings. The van der Waals surface area contributed by atoms with Gasteiger partial charge < -0.3 is 4.74 Å². The van der Waals surface area contributed by atoms with Gasteiger partial charge in [0.25, 0.3) is 0 Å². The van der Waals surface area contributed by atoms with Gasteiger partial charge in [-0.15, -0.1) is 21.9 Å². The first-order chi connectivity index (χ1) is 31.9. The van der Waals surface area contributed by atoms with Crippen molar-refractivity contribution >= 4 is 45.6 Å². The van der Waals surface area contributed by atoms with Crippen LogP contribution in [0.4, 0.5) is 87.8 Å². The predicted octanol–water partition coefficient (Wildman–Crippen LogP) is 9.14. The fourth-order valence-electron chi connectivity index (χ4n) is 7.04. The molecule has 354 valence electrons. The van der Waals surface area contributed by atoms with Gasteiger partial charge in [0.2, 0.25) is 0 Å². The van der Waals surface area contributed by atoms with Gasteiger partial charge in [0.05, 0.1) is 6.20 Å². The normalized spacial score (nSPS) is 11.4. The minimum Gasteiger partial charge on any atom is -0.418 e. The standard InChI is InChI=1S/C24BF20.C18H14ClN2O2/c26-5-1(6(27)14(35)21(42)13(5)34)25(2-7(28)15(36)22(43)16(37)8(2)29,3-9(30)17(38)23(44)18(39)10(3)31)4-11(32)19(40)24(45)20(41)12(4)33;19-15-7-4-8-16(11-15)23-18(22)17-12-20-9-10-21(17)13-14-5-2-1-3-6-14/h;1-12H,13H2/q-1;+1. The number of halogens is 21. The number of ether oxygens (including phenoxy) is 1. The maximum absolute atomic E-state index is 15.4. The lowest BCUT2D eigenvalue weighted by atomic mass is 9.12.